The summed E-state index contributed by atoms with van der Waals surface area (Å²) in [5.41, 5.74) is 0. The molecule has 0 radical (unpaired) electrons. The molecule has 1 fully saturated rings. The van der Waals surface area contributed by atoms with Gasteiger partial charge in [-0.05, 0) is 44.4 Å². The molecule has 3 unspecified atom stereocenters. The number of carbonyl (C=O) groups is 2. The highest BCUT2D eigenvalue weighted by atomic mass is 31.2. The van der Waals surface area contributed by atoms with Crippen LogP contribution in [-0.2, 0) is 46.5 Å². The van der Waals surface area contributed by atoms with E-state index in [-0.39, 0.29) is 19.4 Å². The number of allylic oxidation sites excluding steroid dienone is 1. The van der Waals surface area contributed by atoms with Gasteiger partial charge in [0.25, 0.3) is 0 Å². The first-order valence-electron chi connectivity index (χ1n) is 22.4. The molecule has 1 aliphatic rings. The van der Waals surface area contributed by atoms with E-state index >= 15 is 0 Å². The van der Waals surface area contributed by atoms with E-state index in [1.807, 2.05) is 0 Å². The van der Waals surface area contributed by atoms with Gasteiger partial charge in [0, 0.05) is 12.8 Å². The summed E-state index contributed by atoms with van der Waals surface area (Å²) in [7, 11) is -9.67. The van der Waals surface area contributed by atoms with Crippen molar-refractivity contribution in [1.82, 2.24) is 0 Å². The van der Waals surface area contributed by atoms with E-state index in [0.717, 1.165) is 63.7 Å². The van der Waals surface area contributed by atoms with Crippen LogP contribution in [0.5, 0.6) is 0 Å². The van der Waals surface area contributed by atoms with Gasteiger partial charge in [0.1, 0.15) is 12.7 Å². The molecule has 0 aromatic rings. The lowest BCUT2D eigenvalue weighted by Gasteiger charge is -2.20. The molecule has 1 aliphatic heterocycles. The number of rotatable bonds is 41. The third kappa shape index (κ3) is 35.6. The average molecular weight is 871 g/mol. The standard InChI is InChI=1S/C42H80O14P2/c1-4-5-22-28-39-40(56-39)29-24-19-15-12-13-16-20-25-30-41(44)51-34-38(35-54-58(49,50)53-33-37(43)32-52-57(46,47)48)55-42(45)31-26-21-17-11-9-7-6-8-10-14-18-23-27-36(2)3/h19,24,36-40,43H,4-18,20-23,25-35H2,1-3H3,(H,49,50)(H2,46,47,48)/b24-19-/t37-,38+,39?,40?/m0/s1. The van der Waals surface area contributed by atoms with Gasteiger partial charge in [0.05, 0.1) is 32.0 Å². The van der Waals surface area contributed by atoms with E-state index in [9.17, 15) is 28.7 Å². The van der Waals surface area contributed by atoms with Gasteiger partial charge in [-0.25, -0.2) is 9.13 Å². The lowest BCUT2D eigenvalue weighted by Crippen LogP contribution is -2.30. The highest BCUT2D eigenvalue weighted by Crippen LogP contribution is 2.44. The van der Waals surface area contributed by atoms with Crippen molar-refractivity contribution < 1.29 is 66.3 Å². The maximum atomic E-state index is 12.7. The summed E-state index contributed by atoms with van der Waals surface area (Å²) in [4.78, 5) is 52.7. The molecule has 0 bridgehead atoms. The zero-order valence-corrected chi connectivity index (χ0v) is 37.8. The molecule has 342 valence electrons. The monoisotopic (exact) mass is 871 g/mol. The van der Waals surface area contributed by atoms with Crippen LogP contribution in [-0.4, -0.2) is 82.6 Å². The summed E-state index contributed by atoms with van der Waals surface area (Å²) in [6.07, 6.45) is 29.5. The van der Waals surface area contributed by atoms with Gasteiger partial charge < -0.3 is 34.0 Å². The number of phosphoric acid groups is 2. The van der Waals surface area contributed by atoms with Crippen molar-refractivity contribution in [3.8, 4) is 0 Å². The van der Waals surface area contributed by atoms with Crippen molar-refractivity contribution in [1.29, 1.82) is 0 Å². The van der Waals surface area contributed by atoms with Crippen LogP contribution in [0.3, 0.4) is 0 Å². The number of esters is 2. The Balaban J connectivity index is 2.34. The Morgan fingerprint density at radius 3 is 1.76 bits per heavy atom. The minimum Gasteiger partial charge on any atom is -0.462 e. The van der Waals surface area contributed by atoms with Gasteiger partial charge in [-0.2, -0.15) is 0 Å². The minimum atomic E-state index is -4.86. The molecule has 58 heavy (non-hydrogen) atoms. The fourth-order valence-electron chi connectivity index (χ4n) is 6.48. The number of unbranched alkanes of at least 4 members (excludes halogenated alkanes) is 18. The van der Waals surface area contributed by atoms with Crippen LogP contribution in [0.15, 0.2) is 12.2 Å². The first-order valence-corrected chi connectivity index (χ1v) is 25.4. The van der Waals surface area contributed by atoms with Gasteiger partial charge in [-0.1, -0.05) is 148 Å². The molecule has 0 aliphatic carbocycles. The predicted molar refractivity (Wildman–Crippen MR) is 225 cm³/mol. The first kappa shape index (κ1) is 54.8. The number of aliphatic hydroxyl groups is 1. The number of hydrogen-bond donors (Lipinski definition) is 4. The van der Waals surface area contributed by atoms with Crippen molar-refractivity contribution >= 4 is 27.6 Å². The molecule has 0 spiro atoms. The number of hydrogen-bond acceptors (Lipinski definition) is 11. The third-order valence-electron chi connectivity index (χ3n) is 10.00. The topological polar surface area (TPSA) is 208 Å². The smallest absolute Gasteiger partial charge is 0.462 e. The number of carbonyl (C=O) groups excluding carboxylic acids is 2. The molecule has 1 rings (SSSR count). The van der Waals surface area contributed by atoms with E-state index in [4.69, 9.17) is 28.5 Å². The van der Waals surface area contributed by atoms with Crippen molar-refractivity contribution in [2.24, 2.45) is 5.92 Å². The number of epoxide rings is 1. The van der Waals surface area contributed by atoms with Gasteiger partial charge in [0.2, 0.25) is 0 Å². The molecule has 0 saturated carbocycles. The molecular weight excluding hydrogens is 790 g/mol. The Labute approximate surface area is 349 Å². The molecule has 0 amide bonds. The van der Waals surface area contributed by atoms with E-state index in [1.165, 1.54) is 83.5 Å². The minimum absolute atomic E-state index is 0.130. The van der Waals surface area contributed by atoms with Crippen molar-refractivity contribution in [3.05, 3.63) is 12.2 Å². The second kappa shape index (κ2) is 34.4. The first-order chi connectivity index (χ1) is 27.7. The van der Waals surface area contributed by atoms with E-state index in [2.05, 4.69) is 42.0 Å². The summed E-state index contributed by atoms with van der Waals surface area (Å²) in [6.45, 7) is 4.04. The van der Waals surface area contributed by atoms with E-state index < -0.39 is 59.6 Å². The second-order valence-corrected chi connectivity index (χ2v) is 18.9. The molecule has 14 nitrogen and oxygen atoms in total. The summed E-state index contributed by atoms with van der Waals surface area (Å²) in [5, 5.41) is 9.75. The number of phosphoric ester groups is 2. The summed E-state index contributed by atoms with van der Waals surface area (Å²) >= 11 is 0. The predicted octanol–water partition coefficient (Wildman–Crippen LogP) is 10.2. The van der Waals surface area contributed by atoms with Gasteiger partial charge in [-0.3, -0.25) is 23.2 Å². The highest BCUT2D eigenvalue weighted by molar-refractivity contribution is 7.47. The fraction of sp³-hybridized carbons (Fsp3) is 0.905. The maximum absolute atomic E-state index is 12.7. The largest absolute Gasteiger partial charge is 0.472 e. The SMILES string of the molecule is CCCCCC1OC1C/C=C\CCCCCCCC(=O)OC[C@H](COP(=O)(O)OC[C@@H](O)COP(=O)(O)O)OC(=O)CCCCCCCCCCCCCCC(C)C. The Bertz CT molecular complexity index is 1160. The third-order valence-corrected chi connectivity index (χ3v) is 11.4. The van der Waals surface area contributed by atoms with Crippen molar-refractivity contribution in [2.45, 2.75) is 212 Å². The normalized spacial score (nSPS) is 17.7. The second-order valence-electron chi connectivity index (χ2n) is 16.2. The lowest BCUT2D eigenvalue weighted by molar-refractivity contribution is -0.161. The molecule has 0 aromatic carbocycles. The Kier molecular flexibility index (Phi) is 32.5. The molecule has 5 atom stereocenters. The fourth-order valence-corrected chi connectivity index (χ4v) is 7.64. The number of ether oxygens (including phenoxy) is 3. The number of aliphatic hydroxyl groups excluding tert-OH is 1. The van der Waals surface area contributed by atoms with E-state index in [1.54, 1.807) is 0 Å². The summed E-state index contributed by atoms with van der Waals surface area (Å²) in [5.74, 6) is -0.255. The van der Waals surface area contributed by atoms with Crippen LogP contribution < -0.4 is 0 Å². The van der Waals surface area contributed by atoms with Crippen LogP contribution >= 0.6 is 15.6 Å². The maximum Gasteiger partial charge on any atom is 0.472 e. The zero-order valence-electron chi connectivity index (χ0n) is 36.0. The van der Waals surface area contributed by atoms with Crippen LogP contribution in [0.2, 0.25) is 0 Å². The van der Waals surface area contributed by atoms with Gasteiger partial charge in [-0.15, -0.1) is 0 Å². The van der Waals surface area contributed by atoms with E-state index in [0.29, 0.717) is 25.0 Å². The summed E-state index contributed by atoms with van der Waals surface area (Å²) in [6, 6.07) is 0. The van der Waals surface area contributed by atoms with Crippen LogP contribution in [0.1, 0.15) is 188 Å². The molecule has 1 heterocycles. The van der Waals surface area contributed by atoms with Gasteiger partial charge in [0.15, 0.2) is 6.10 Å². The Morgan fingerprint density at radius 2 is 1.17 bits per heavy atom. The Hall–Kier alpha value is -1.18. The van der Waals surface area contributed by atoms with Crippen LogP contribution in [0, 0.1) is 5.92 Å². The molecule has 16 heteroatoms. The summed E-state index contributed by atoms with van der Waals surface area (Å²) < 4.78 is 53.5. The zero-order chi connectivity index (χ0) is 42.9. The van der Waals surface area contributed by atoms with Crippen LogP contribution in [0.4, 0.5) is 0 Å². The molecule has 4 N–H and O–H groups in total. The lowest BCUT2D eigenvalue weighted by atomic mass is 10.0. The quantitative estimate of drug-likeness (QED) is 0.0148. The average Bonchev–Trinajstić information content (AvgIpc) is 3.92. The van der Waals surface area contributed by atoms with Crippen molar-refractivity contribution in [2.75, 3.05) is 26.4 Å². The molecular formula is C42H80O14P2. The highest BCUT2D eigenvalue weighted by Gasteiger charge is 2.36. The Morgan fingerprint density at radius 1 is 0.638 bits per heavy atom. The van der Waals surface area contributed by atoms with Crippen LogP contribution in [0.25, 0.3) is 0 Å². The van der Waals surface area contributed by atoms with Crippen molar-refractivity contribution in [3.63, 3.8) is 0 Å². The molecule has 1 saturated heterocycles. The molecule has 0 aromatic heterocycles. The van der Waals surface area contributed by atoms with Gasteiger partial charge >= 0.3 is 27.6 Å².